The molecule has 0 radical (unpaired) electrons. The molecule has 1 rings (SSSR count). The highest BCUT2D eigenvalue weighted by atomic mass is 32.2. The van der Waals surface area contributed by atoms with Gasteiger partial charge in [-0.05, 0) is 6.08 Å². The molecular formula is C5H6O2S. The second-order valence-corrected chi connectivity index (χ2v) is 2.36. The van der Waals surface area contributed by atoms with Gasteiger partial charge in [-0.2, -0.15) is 0 Å². The largest absolute Gasteiger partial charge is 0.492 e. The van der Waals surface area contributed by atoms with Gasteiger partial charge in [-0.3, -0.25) is 4.79 Å². The minimum absolute atomic E-state index is 0.0486. The predicted molar refractivity (Wildman–Crippen MR) is 32.6 cm³/mol. The van der Waals surface area contributed by atoms with Crippen molar-refractivity contribution in [3.05, 3.63) is 11.8 Å². The number of hydrogen-bond donors (Lipinski definition) is 0. The molecule has 0 spiro atoms. The molecule has 0 saturated heterocycles. The maximum atomic E-state index is 10.6. The van der Waals surface area contributed by atoms with Crippen LogP contribution in [0.15, 0.2) is 11.8 Å². The molecule has 0 aromatic rings. The second kappa shape index (κ2) is 2.22. The first-order valence-electron chi connectivity index (χ1n) is 2.26. The Labute approximate surface area is 51.9 Å². The molecule has 0 unspecified atom stereocenters. The lowest BCUT2D eigenvalue weighted by Crippen LogP contribution is -1.92. The minimum atomic E-state index is 0.0486. The summed E-state index contributed by atoms with van der Waals surface area (Å²) < 4.78 is 4.71. The average molecular weight is 130 g/mol. The monoisotopic (exact) mass is 130 g/mol. The standard InChI is InChI=1S/C5H6O2S/c1-7-4-2-3-8-5(4)6/h2H,3H2,1H3. The maximum absolute atomic E-state index is 10.6. The molecule has 0 N–H and O–H groups in total. The molecule has 0 bridgehead atoms. The summed E-state index contributed by atoms with van der Waals surface area (Å²) in [5.41, 5.74) is 0. The summed E-state index contributed by atoms with van der Waals surface area (Å²) in [6.45, 7) is 0. The first kappa shape index (κ1) is 5.69. The number of methoxy groups -OCH3 is 1. The molecule has 8 heavy (non-hydrogen) atoms. The van der Waals surface area contributed by atoms with Crippen molar-refractivity contribution in [2.75, 3.05) is 12.9 Å². The van der Waals surface area contributed by atoms with E-state index in [0.29, 0.717) is 5.76 Å². The van der Waals surface area contributed by atoms with Gasteiger partial charge in [0.2, 0.25) is 0 Å². The van der Waals surface area contributed by atoms with Crippen molar-refractivity contribution in [2.24, 2.45) is 0 Å². The Morgan fingerprint density at radius 1 is 1.88 bits per heavy atom. The third-order valence-corrected chi connectivity index (χ3v) is 1.70. The molecule has 0 saturated carbocycles. The Balaban J connectivity index is 2.62. The van der Waals surface area contributed by atoms with Crippen LogP contribution >= 0.6 is 11.8 Å². The number of ether oxygens (including phenoxy) is 1. The van der Waals surface area contributed by atoms with E-state index in [-0.39, 0.29) is 5.12 Å². The van der Waals surface area contributed by atoms with Crippen LogP contribution < -0.4 is 0 Å². The summed E-state index contributed by atoms with van der Waals surface area (Å²) in [5.74, 6) is 1.26. The van der Waals surface area contributed by atoms with Gasteiger partial charge in [0, 0.05) is 5.75 Å². The van der Waals surface area contributed by atoms with Crippen molar-refractivity contribution in [3.63, 3.8) is 0 Å². The molecule has 0 amide bonds. The fourth-order valence-corrected chi connectivity index (χ4v) is 1.21. The first-order chi connectivity index (χ1) is 3.84. The Hall–Kier alpha value is -0.440. The van der Waals surface area contributed by atoms with Crippen LogP contribution in [0.4, 0.5) is 0 Å². The van der Waals surface area contributed by atoms with Crippen LogP contribution in [0.5, 0.6) is 0 Å². The molecule has 0 aromatic carbocycles. The van der Waals surface area contributed by atoms with Gasteiger partial charge in [0.1, 0.15) is 0 Å². The van der Waals surface area contributed by atoms with Gasteiger partial charge in [-0.25, -0.2) is 0 Å². The third-order valence-electron chi connectivity index (χ3n) is 0.904. The van der Waals surface area contributed by atoms with Gasteiger partial charge < -0.3 is 4.74 Å². The Kier molecular flexibility index (Phi) is 1.58. The van der Waals surface area contributed by atoms with Gasteiger partial charge in [-0.1, -0.05) is 11.8 Å². The summed E-state index contributed by atoms with van der Waals surface area (Å²) in [5, 5.41) is 0.0486. The van der Waals surface area contributed by atoms with E-state index in [4.69, 9.17) is 4.74 Å². The van der Waals surface area contributed by atoms with Crippen LogP contribution in [0.1, 0.15) is 0 Å². The molecule has 0 aromatic heterocycles. The zero-order chi connectivity index (χ0) is 5.98. The van der Waals surface area contributed by atoms with E-state index in [1.165, 1.54) is 18.9 Å². The highest BCUT2D eigenvalue weighted by Gasteiger charge is 2.14. The summed E-state index contributed by atoms with van der Waals surface area (Å²) in [4.78, 5) is 10.6. The molecule has 3 heteroatoms. The summed E-state index contributed by atoms with van der Waals surface area (Å²) in [6.07, 6.45) is 1.78. The Bertz CT molecular complexity index is 139. The fraction of sp³-hybridized carbons (Fsp3) is 0.400. The van der Waals surface area contributed by atoms with E-state index in [0.717, 1.165) is 5.75 Å². The van der Waals surface area contributed by atoms with Crippen LogP contribution in [0.2, 0.25) is 0 Å². The Morgan fingerprint density at radius 2 is 2.62 bits per heavy atom. The Morgan fingerprint density at radius 3 is 2.88 bits per heavy atom. The predicted octanol–water partition coefficient (Wildman–Crippen LogP) is 0.790. The molecule has 0 atom stereocenters. The van der Waals surface area contributed by atoms with Crippen molar-refractivity contribution < 1.29 is 9.53 Å². The SMILES string of the molecule is COC1=CCSC1=O. The zero-order valence-electron chi connectivity index (χ0n) is 4.51. The zero-order valence-corrected chi connectivity index (χ0v) is 5.33. The van der Waals surface area contributed by atoms with Crippen LogP contribution in [-0.4, -0.2) is 18.0 Å². The molecule has 44 valence electrons. The van der Waals surface area contributed by atoms with Gasteiger partial charge in [0.15, 0.2) is 5.76 Å². The van der Waals surface area contributed by atoms with E-state index in [1.54, 1.807) is 6.08 Å². The van der Waals surface area contributed by atoms with Gasteiger partial charge in [0.25, 0.3) is 5.12 Å². The van der Waals surface area contributed by atoms with Gasteiger partial charge in [0.05, 0.1) is 7.11 Å². The fourth-order valence-electron chi connectivity index (χ4n) is 0.514. The minimum Gasteiger partial charge on any atom is -0.492 e. The molecular weight excluding hydrogens is 124 g/mol. The number of carbonyl (C=O) groups excluding carboxylic acids is 1. The lowest BCUT2D eigenvalue weighted by Gasteiger charge is -1.92. The van der Waals surface area contributed by atoms with E-state index >= 15 is 0 Å². The van der Waals surface area contributed by atoms with Crippen LogP contribution in [0.3, 0.4) is 0 Å². The molecule has 1 heterocycles. The van der Waals surface area contributed by atoms with Crippen molar-refractivity contribution >= 4 is 16.9 Å². The quantitative estimate of drug-likeness (QED) is 0.525. The van der Waals surface area contributed by atoms with E-state index < -0.39 is 0 Å². The normalized spacial score (nSPS) is 18.6. The molecule has 1 aliphatic rings. The van der Waals surface area contributed by atoms with Crippen molar-refractivity contribution in [1.82, 2.24) is 0 Å². The van der Waals surface area contributed by atoms with Gasteiger partial charge >= 0.3 is 0 Å². The number of hydrogen-bond acceptors (Lipinski definition) is 3. The van der Waals surface area contributed by atoms with Crippen molar-refractivity contribution in [2.45, 2.75) is 0 Å². The number of carbonyl (C=O) groups is 1. The molecule has 0 aliphatic carbocycles. The van der Waals surface area contributed by atoms with Crippen LogP contribution in [0.25, 0.3) is 0 Å². The number of thioether (sulfide) groups is 1. The highest BCUT2D eigenvalue weighted by Crippen LogP contribution is 2.18. The van der Waals surface area contributed by atoms with Crippen LogP contribution in [0, 0.1) is 0 Å². The van der Waals surface area contributed by atoms with E-state index in [1.807, 2.05) is 0 Å². The lowest BCUT2D eigenvalue weighted by molar-refractivity contribution is -0.110. The summed E-state index contributed by atoms with van der Waals surface area (Å²) in [7, 11) is 1.51. The second-order valence-electron chi connectivity index (χ2n) is 1.37. The van der Waals surface area contributed by atoms with Crippen molar-refractivity contribution in [1.29, 1.82) is 0 Å². The molecule has 2 nitrogen and oxygen atoms in total. The van der Waals surface area contributed by atoms with E-state index in [9.17, 15) is 4.79 Å². The first-order valence-corrected chi connectivity index (χ1v) is 3.24. The molecule has 1 aliphatic heterocycles. The third kappa shape index (κ3) is 0.865. The average Bonchev–Trinajstić information content (AvgIpc) is 2.14. The summed E-state index contributed by atoms with van der Waals surface area (Å²) >= 11 is 1.27. The van der Waals surface area contributed by atoms with Gasteiger partial charge in [-0.15, -0.1) is 0 Å². The lowest BCUT2D eigenvalue weighted by atomic mass is 10.5. The molecule has 0 fully saturated rings. The van der Waals surface area contributed by atoms with E-state index in [2.05, 4.69) is 0 Å². The van der Waals surface area contributed by atoms with Crippen molar-refractivity contribution in [3.8, 4) is 0 Å². The smallest absolute Gasteiger partial charge is 0.253 e. The highest BCUT2D eigenvalue weighted by molar-refractivity contribution is 8.14. The maximum Gasteiger partial charge on any atom is 0.253 e. The number of rotatable bonds is 1. The van der Waals surface area contributed by atoms with Crippen LogP contribution in [-0.2, 0) is 9.53 Å². The topological polar surface area (TPSA) is 26.3 Å². The summed E-state index contributed by atoms with van der Waals surface area (Å²) in [6, 6.07) is 0.